The number of ketones is 1. The van der Waals surface area contributed by atoms with Crippen molar-refractivity contribution < 1.29 is 28.2 Å². The van der Waals surface area contributed by atoms with Crippen LogP contribution in [0.3, 0.4) is 0 Å². The first-order valence-electron chi connectivity index (χ1n) is 22.9. The third-order valence-corrected chi connectivity index (χ3v) is 27.1. The molecular weight excluding hydrogens is 753 g/mol. The van der Waals surface area contributed by atoms with Gasteiger partial charge in [-0.25, -0.2) is 0 Å². The summed E-state index contributed by atoms with van der Waals surface area (Å²) in [7, 11) is -0.208. The zero-order valence-electron chi connectivity index (χ0n) is 38.7. The first-order chi connectivity index (χ1) is 27.0. The molecule has 6 nitrogen and oxygen atoms in total. The molecule has 2 aromatic carbocycles. The number of Topliss-reactive ketones (excluding diaryl/α,β-unsaturated/α-hetero) is 1. The maximum atomic E-state index is 13.1. The lowest BCUT2D eigenvalue weighted by Crippen LogP contribution is -2.50. The van der Waals surface area contributed by atoms with E-state index in [2.05, 4.69) is 106 Å². The number of carbonyl (C=O) groups is 1. The predicted octanol–water partition coefficient (Wildman–Crippen LogP) is 13.0. The average Bonchev–Trinajstić information content (AvgIpc) is 3.66. The number of hydrogen-bond acceptors (Lipinski definition) is 6. The number of benzene rings is 2. The summed E-state index contributed by atoms with van der Waals surface area (Å²) in [5.41, 5.74) is 5.09. The van der Waals surface area contributed by atoms with Crippen LogP contribution in [0.1, 0.15) is 165 Å². The van der Waals surface area contributed by atoms with Crippen molar-refractivity contribution in [1.29, 1.82) is 0 Å². The Morgan fingerprint density at radius 3 is 1.60 bits per heavy atom. The molecule has 2 aromatic rings. The molecule has 0 aromatic heterocycles. The summed E-state index contributed by atoms with van der Waals surface area (Å²) in [5, 5.41) is 11.5. The van der Waals surface area contributed by atoms with Gasteiger partial charge in [-0.1, -0.05) is 67.5 Å². The minimum atomic E-state index is -1.80. The smallest absolute Gasteiger partial charge is 0.192 e. The Morgan fingerprint density at radius 1 is 0.638 bits per heavy atom. The highest BCUT2D eigenvalue weighted by Gasteiger charge is 2.59. The highest BCUT2D eigenvalue weighted by molar-refractivity contribution is 6.74. The molecule has 0 radical (unpaired) electrons. The second-order valence-corrected chi connectivity index (χ2v) is 32.6. The third kappa shape index (κ3) is 7.53. The van der Waals surface area contributed by atoms with Crippen molar-refractivity contribution in [2.24, 2.45) is 34.5 Å². The highest BCUT2D eigenvalue weighted by Crippen LogP contribution is 2.65. The van der Waals surface area contributed by atoms with Crippen LogP contribution in [0.15, 0.2) is 36.4 Å². The first kappa shape index (κ1) is 44.1. The van der Waals surface area contributed by atoms with E-state index in [1.165, 1.54) is 56.1 Å². The molecule has 0 saturated heterocycles. The second kappa shape index (κ2) is 15.4. The number of fused-ring (bicyclic) bond motifs is 10. The molecule has 0 bridgehead atoms. The summed E-state index contributed by atoms with van der Waals surface area (Å²) in [4.78, 5) is 13.1. The molecule has 322 valence electrons. The molecule has 0 spiro atoms. The Bertz CT molecular complexity index is 1840. The molecule has 8 heteroatoms. The van der Waals surface area contributed by atoms with Crippen molar-refractivity contribution in [2.75, 3.05) is 14.2 Å². The van der Waals surface area contributed by atoms with E-state index in [1.54, 1.807) is 14.2 Å². The molecular formula is C50H78O6Si2. The predicted molar refractivity (Wildman–Crippen MR) is 241 cm³/mol. The van der Waals surface area contributed by atoms with E-state index in [4.69, 9.17) is 18.3 Å². The molecule has 6 aliphatic rings. The van der Waals surface area contributed by atoms with Crippen LogP contribution in [-0.2, 0) is 8.85 Å². The van der Waals surface area contributed by atoms with Gasteiger partial charge in [-0.3, -0.25) is 4.79 Å². The number of aliphatic hydroxyl groups excluding tert-OH is 1. The van der Waals surface area contributed by atoms with E-state index >= 15 is 0 Å². The number of hydrogen-bond donors (Lipinski definition) is 1. The van der Waals surface area contributed by atoms with E-state index in [-0.39, 0.29) is 27.0 Å². The second-order valence-electron chi connectivity index (χ2n) is 23.1. The molecule has 11 atom stereocenters. The van der Waals surface area contributed by atoms with Crippen molar-refractivity contribution in [1.82, 2.24) is 0 Å². The normalized spacial score (nSPS) is 35.6. The molecule has 8 rings (SSSR count). The summed E-state index contributed by atoms with van der Waals surface area (Å²) in [6.07, 6.45) is 11.5. The van der Waals surface area contributed by atoms with Gasteiger partial charge in [-0.05, 0) is 181 Å². The standard InChI is InChI=1S/C25H40O3Si.C25H38O3Si/c2*1-24(2,3)29(6,7)28-23-11-10-21-19-15-22(26)20-14-16(27-5)8-9-17(20)18(19)12-13-25(21,23)4/h8-9,14,18-19,21-23,26H,10-13,15H2,1-7H3;8-9,14,18-19,21,23H,10-13,15H2,1-7H3/t18?,19?,21?,22?,23-,25-;18?,19?,21?,23-,25-/m00/s1. The van der Waals surface area contributed by atoms with Crippen LogP contribution < -0.4 is 9.47 Å². The van der Waals surface area contributed by atoms with E-state index in [0.29, 0.717) is 59.9 Å². The molecule has 0 heterocycles. The van der Waals surface area contributed by atoms with Crippen molar-refractivity contribution >= 4 is 22.4 Å². The van der Waals surface area contributed by atoms with E-state index in [9.17, 15) is 9.90 Å². The van der Waals surface area contributed by atoms with Crippen LogP contribution in [0.2, 0.25) is 36.3 Å². The molecule has 6 aliphatic carbocycles. The maximum absolute atomic E-state index is 13.1. The molecule has 4 saturated carbocycles. The van der Waals surface area contributed by atoms with Gasteiger partial charge >= 0.3 is 0 Å². The molecule has 4 fully saturated rings. The quantitative estimate of drug-likeness (QED) is 0.292. The topological polar surface area (TPSA) is 74.2 Å². The molecule has 0 aliphatic heterocycles. The van der Waals surface area contributed by atoms with E-state index < -0.39 is 16.6 Å². The van der Waals surface area contributed by atoms with Gasteiger partial charge in [0.05, 0.1) is 32.5 Å². The van der Waals surface area contributed by atoms with Crippen LogP contribution >= 0.6 is 0 Å². The molecule has 0 amide bonds. The Hall–Kier alpha value is -1.98. The monoisotopic (exact) mass is 831 g/mol. The van der Waals surface area contributed by atoms with Gasteiger partial charge in [0.15, 0.2) is 22.4 Å². The lowest BCUT2D eigenvalue weighted by atomic mass is 9.55. The van der Waals surface area contributed by atoms with Gasteiger partial charge in [0.25, 0.3) is 0 Å². The zero-order chi connectivity index (χ0) is 42.4. The Balaban J connectivity index is 0.000000177. The highest BCUT2D eigenvalue weighted by atomic mass is 28.4. The SMILES string of the molecule is COc1ccc2c(c1)C(=O)CC1C2CC[C@@]2(C)C1CC[C@@H]2O[Si](C)(C)C(C)(C)C.COc1ccc2c(c1)C(O)CC1C2CC[C@@]2(C)C1CC[C@@H]2O[Si](C)(C)C(C)(C)C. The average molecular weight is 831 g/mol. The molecule has 7 unspecified atom stereocenters. The number of aliphatic hydroxyl groups is 1. The summed E-state index contributed by atoms with van der Waals surface area (Å²) >= 11 is 0. The minimum Gasteiger partial charge on any atom is -0.497 e. The Kier molecular flexibility index (Phi) is 11.7. The number of methoxy groups -OCH3 is 2. The van der Waals surface area contributed by atoms with Gasteiger partial charge in [-0.2, -0.15) is 0 Å². The van der Waals surface area contributed by atoms with Gasteiger partial charge in [0.2, 0.25) is 0 Å². The van der Waals surface area contributed by atoms with Crippen molar-refractivity contribution in [3.63, 3.8) is 0 Å². The van der Waals surface area contributed by atoms with Crippen LogP contribution in [0, 0.1) is 34.5 Å². The largest absolute Gasteiger partial charge is 0.497 e. The summed E-state index contributed by atoms with van der Waals surface area (Å²) in [6, 6.07) is 12.5. The number of ether oxygens (including phenoxy) is 2. The number of carbonyl (C=O) groups excluding carboxylic acids is 1. The summed E-state index contributed by atoms with van der Waals surface area (Å²) in [6.45, 7) is 28.5. The Labute approximate surface area is 354 Å². The lowest BCUT2D eigenvalue weighted by molar-refractivity contribution is -0.0322. The van der Waals surface area contributed by atoms with Gasteiger partial charge < -0.3 is 23.4 Å². The zero-order valence-corrected chi connectivity index (χ0v) is 40.7. The fourth-order valence-electron chi connectivity index (χ4n) is 12.6. The fraction of sp³-hybridized carbons (Fsp3) is 0.740. The van der Waals surface area contributed by atoms with Crippen LogP contribution in [0.5, 0.6) is 11.5 Å². The third-order valence-electron chi connectivity index (χ3n) is 18.1. The van der Waals surface area contributed by atoms with Crippen molar-refractivity contribution in [2.45, 2.75) is 186 Å². The van der Waals surface area contributed by atoms with Gasteiger partial charge in [0.1, 0.15) is 11.5 Å². The maximum Gasteiger partial charge on any atom is 0.192 e. The van der Waals surface area contributed by atoms with E-state index in [0.717, 1.165) is 35.5 Å². The summed E-state index contributed by atoms with van der Waals surface area (Å²) in [5.74, 6) is 5.31. The molecule has 58 heavy (non-hydrogen) atoms. The minimum absolute atomic E-state index is 0.209. The Morgan fingerprint density at radius 2 is 1.10 bits per heavy atom. The number of rotatable bonds is 6. The van der Waals surface area contributed by atoms with Gasteiger partial charge in [0, 0.05) is 12.0 Å². The van der Waals surface area contributed by atoms with Crippen molar-refractivity contribution in [3.05, 3.63) is 58.7 Å². The van der Waals surface area contributed by atoms with E-state index in [1.807, 2.05) is 12.1 Å². The van der Waals surface area contributed by atoms with Crippen LogP contribution in [0.25, 0.3) is 0 Å². The summed E-state index contributed by atoms with van der Waals surface area (Å²) < 4.78 is 24.8. The first-order valence-corrected chi connectivity index (χ1v) is 28.7. The van der Waals surface area contributed by atoms with Crippen LogP contribution in [-0.4, -0.2) is 54.0 Å². The molecule has 1 N–H and O–H groups in total. The van der Waals surface area contributed by atoms with Gasteiger partial charge in [-0.15, -0.1) is 0 Å². The van der Waals surface area contributed by atoms with Crippen LogP contribution in [0.4, 0.5) is 0 Å². The fourth-order valence-corrected chi connectivity index (χ4v) is 15.5. The van der Waals surface area contributed by atoms with Crippen molar-refractivity contribution in [3.8, 4) is 11.5 Å². The lowest BCUT2D eigenvalue weighted by Gasteiger charge is -2.53.